The molecule has 4 N–H and O–H groups in total. The van der Waals surface area contributed by atoms with E-state index in [9.17, 15) is 9.90 Å². The van der Waals surface area contributed by atoms with Gasteiger partial charge in [0.1, 0.15) is 0 Å². The molecule has 0 aromatic carbocycles. The van der Waals surface area contributed by atoms with E-state index in [2.05, 4.69) is 5.32 Å². The molecule has 1 heterocycles. The van der Waals surface area contributed by atoms with E-state index in [1.54, 1.807) is 0 Å². The Kier molecular flexibility index (Phi) is 4.91. The van der Waals surface area contributed by atoms with Gasteiger partial charge < -0.3 is 16.2 Å². The van der Waals surface area contributed by atoms with Crippen LogP contribution in [0.5, 0.6) is 0 Å². The summed E-state index contributed by atoms with van der Waals surface area (Å²) in [6, 6.07) is -0.115. The second kappa shape index (κ2) is 5.80. The first-order valence-electron chi connectivity index (χ1n) is 6.27. The number of aliphatic hydroxyl groups is 1. The molecule has 0 aliphatic carbocycles. The van der Waals surface area contributed by atoms with Crippen LogP contribution in [0.3, 0.4) is 0 Å². The lowest BCUT2D eigenvalue weighted by molar-refractivity contribution is -0.127. The molecular weight excluding hydrogens is 218 g/mol. The van der Waals surface area contributed by atoms with Gasteiger partial charge in [0.25, 0.3) is 0 Å². The molecule has 1 aliphatic heterocycles. The molecule has 0 spiro atoms. The van der Waals surface area contributed by atoms with E-state index in [0.717, 1.165) is 19.4 Å². The molecule has 2 atom stereocenters. The number of hydrogen-bond acceptors (Lipinski definition) is 4. The Morgan fingerprint density at radius 3 is 2.76 bits per heavy atom. The maximum atomic E-state index is 12.1. The highest BCUT2D eigenvalue weighted by atomic mass is 16.3. The molecule has 0 saturated carbocycles. The zero-order chi connectivity index (χ0) is 13.1. The maximum absolute atomic E-state index is 12.1. The van der Waals surface area contributed by atoms with E-state index in [1.165, 1.54) is 0 Å². The van der Waals surface area contributed by atoms with E-state index < -0.39 is 6.10 Å². The molecule has 1 saturated heterocycles. The third-order valence-corrected chi connectivity index (χ3v) is 2.88. The highest BCUT2D eigenvalue weighted by Gasteiger charge is 2.32. The lowest BCUT2D eigenvalue weighted by Crippen LogP contribution is -2.51. The predicted octanol–water partition coefficient (Wildman–Crippen LogP) is -0.315. The fourth-order valence-electron chi connectivity index (χ4n) is 2.14. The monoisotopic (exact) mass is 243 g/mol. The van der Waals surface area contributed by atoms with Crippen molar-refractivity contribution in [2.75, 3.05) is 19.6 Å². The van der Waals surface area contributed by atoms with Crippen molar-refractivity contribution in [3.63, 3.8) is 0 Å². The molecule has 1 amide bonds. The van der Waals surface area contributed by atoms with Gasteiger partial charge in [-0.2, -0.15) is 0 Å². The molecule has 1 rings (SSSR count). The zero-order valence-corrected chi connectivity index (χ0v) is 11.1. The Labute approximate surface area is 103 Å². The minimum Gasteiger partial charge on any atom is -0.390 e. The number of nitrogens with one attached hydrogen (secondary N) is 1. The number of carbonyl (C=O) groups excluding carboxylic acids is 1. The van der Waals surface area contributed by atoms with Crippen LogP contribution in [0.15, 0.2) is 0 Å². The van der Waals surface area contributed by atoms with Gasteiger partial charge in [-0.05, 0) is 40.2 Å². The summed E-state index contributed by atoms with van der Waals surface area (Å²) in [5, 5.41) is 12.5. The predicted molar refractivity (Wildman–Crippen MR) is 67.6 cm³/mol. The Morgan fingerprint density at radius 1 is 1.59 bits per heavy atom. The van der Waals surface area contributed by atoms with Crippen molar-refractivity contribution in [3.05, 3.63) is 0 Å². The van der Waals surface area contributed by atoms with E-state index in [1.807, 2.05) is 25.7 Å². The van der Waals surface area contributed by atoms with Crippen LogP contribution in [0.1, 0.15) is 33.6 Å². The fraction of sp³-hybridized carbons (Fsp3) is 0.917. The molecule has 1 aliphatic rings. The highest BCUT2D eigenvalue weighted by molar-refractivity contribution is 5.82. The highest BCUT2D eigenvalue weighted by Crippen LogP contribution is 2.18. The van der Waals surface area contributed by atoms with Gasteiger partial charge in [0.2, 0.25) is 5.91 Å². The van der Waals surface area contributed by atoms with Crippen LogP contribution < -0.4 is 11.1 Å². The summed E-state index contributed by atoms with van der Waals surface area (Å²) >= 11 is 0. The molecule has 5 heteroatoms. The average Bonchev–Trinajstić information content (AvgIpc) is 2.63. The smallest absolute Gasteiger partial charge is 0.237 e. The van der Waals surface area contributed by atoms with E-state index in [-0.39, 0.29) is 24.0 Å². The molecule has 17 heavy (non-hydrogen) atoms. The van der Waals surface area contributed by atoms with Crippen molar-refractivity contribution >= 4 is 5.91 Å². The summed E-state index contributed by atoms with van der Waals surface area (Å²) in [5.41, 5.74) is 5.19. The Morgan fingerprint density at radius 2 is 2.24 bits per heavy atom. The van der Waals surface area contributed by atoms with Crippen molar-refractivity contribution in [3.8, 4) is 0 Å². The molecule has 5 nitrogen and oxygen atoms in total. The second-order valence-corrected chi connectivity index (χ2v) is 5.78. The van der Waals surface area contributed by atoms with Gasteiger partial charge in [0.05, 0.1) is 12.1 Å². The van der Waals surface area contributed by atoms with Crippen LogP contribution in [0, 0.1) is 0 Å². The topological polar surface area (TPSA) is 78.6 Å². The zero-order valence-electron chi connectivity index (χ0n) is 11.1. The Bertz CT molecular complexity index is 263. The van der Waals surface area contributed by atoms with E-state index in [0.29, 0.717) is 6.54 Å². The maximum Gasteiger partial charge on any atom is 0.237 e. The first-order valence-corrected chi connectivity index (χ1v) is 6.27. The summed E-state index contributed by atoms with van der Waals surface area (Å²) in [5.74, 6) is 0.0548. The summed E-state index contributed by atoms with van der Waals surface area (Å²) in [4.78, 5) is 14.1. The minimum absolute atomic E-state index is 0.0548. The van der Waals surface area contributed by atoms with Crippen LogP contribution in [-0.2, 0) is 4.79 Å². The SMILES string of the molecule is CC(C)(C)NC(=O)[C@@H]1CCCN1CC(O)CN. The fourth-order valence-corrected chi connectivity index (χ4v) is 2.14. The summed E-state index contributed by atoms with van der Waals surface area (Å²) in [6.45, 7) is 7.50. The molecule has 100 valence electrons. The van der Waals surface area contributed by atoms with Gasteiger partial charge in [-0.25, -0.2) is 0 Å². The number of rotatable bonds is 4. The van der Waals surface area contributed by atoms with Crippen molar-refractivity contribution < 1.29 is 9.90 Å². The van der Waals surface area contributed by atoms with Gasteiger partial charge in [-0.15, -0.1) is 0 Å². The van der Waals surface area contributed by atoms with E-state index >= 15 is 0 Å². The normalized spacial score (nSPS) is 23.7. The molecule has 1 fully saturated rings. The number of amides is 1. The number of nitrogens with zero attached hydrogens (tertiary/aromatic N) is 1. The average molecular weight is 243 g/mol. The summed E-state index contributed by atoms with van der Waals surface area (Å²) < 4.78 is 0. The second-order valence-electron chi connectivity index (χ2n) is 5.78. The van der Waals surface area contributed by atoms with Crippen molar-refractivity contribution in [2.24, 2.45) is 5.73 Å². The summed E-state index contributed by atoms with van der Waals surface area (Å²) in [7, 11) is 0. The van der Waals surface area contributed by atoms with Crippen molar-refractivity contribution in [2.45, 2.75) is 51.3 Å². The van der Waals surface area contributed by atoms with Gasteiger partial charge in [-0.1, -0.05) is 0 Å². The molecule has 0 aromatic rings. The van der Waals surface area contributed by atoms with Crippen LogP contribution in [0.2, 0.25) is 0 Å². The lowest BCUT2D eigenvalue weighted by atomic mass is 10.1. The number of hydrogen-bond donors (Lipinski definition) is 3. The number of β-amino-alcohol motifs (C(OH)–C–C–N with tert-alkyl or cyclic N) is 1. The Hall–Kier alpha value is -0.650. The van der Waals surface area contributed by atoms with Gasteiger partial charge in [0, 0.05) is 18.6 Å². The first kappa shape index (κ1) is 14.4. The van der Waals surface area contributed by atoms with Crippen LogP contribution >= 0.6 is 0 Å². The number of nitrogens with two attached hydrogens (primary N) is 1. The summed E-state index contributed by atoms with van der Waals surface area (Å²) in [6.07, 6.45) is 1.32. The van der Waals surface area contributed by atoms with Crippen LogP contribution in [0.25, 0.3) is 0 Å². The number of likely N-dealkylation sites (tertiary alicyclic amines) is 1. The molecule has 0 aromatic heterocycles. The quantitative estimate of drug-likeness (QED) is 0.632. The van der Waals surface area contributed by atoms with E-state index in [4.69, 9.17) is 5.73 Å². The molecule has 1 unspecified atom stereocenters. The standard InChI is InChI=1S/C12H25N3O2/c1-12(2,3)14-11(17)10-5-4-6-15(10)8-9(16)7-13/h9-10,16H,4-8,13H2,1-3H3,(H,14,17)/t9?,10-/m0/s1. The molecule has 0 bridgehead atoms. The third-order valence-electron chi connectivity index (χ3n) is 2.88. The molecule has 0 radical (unpaired) electrons. The lowest BCUT2D eigenvalue weighted by Gasteiger charge is -2.29. The number of aliphatic hydroxyl groups excluding tert-OH is 1. The van der Waals surface area contributed by atoms with Gasteiger partial charge >= 0.3 is 0 Å². The number of carbonyl (C=O) groups is 1. The van der Waals surface area contributed by atoms with Gasteiger partial charge in [-0.3, -0.25) is 9.69 Å². The third kappa shape index (κ3) is 4.61. The largest absolute Gasteiger partial charge is 0.390 e. The van der Waals surface area contributed by atoms with Crippen LogP contribution in [0.4, 0.5) is 0 Å². The van der Waals surface area contributed by atoms with Gasteiger partial charge in [0.15, 0.2) is 0 Å². The minimum atomic E-state index is -0.543. The molecular formula is C12H25N3O2. The van der Waals surface area contributed by atoms with Crippen molar-refractivity contribution in [1.29, 1.82) is 0 Å². The first-order chi connectivity index (χ1) is 7.83. The Balaban J connectivity index is 2.54. The van der Waals surface area contributed by atoms with Crippen molar-refractivity contribution in [1.82, 2.24) is 10.2 Å². The van der Waals surface area contributed by atoms with Crippen LogP contribution in [-0.4, -0.2) is 53.2 Å².